The van der Waals surface area contributed by atoms with Crippen LogP contribution in [0, 0.1) is 22.0 Å². The molecule has 0 radical (unpaired) electrons. The van der Waals surface area contributed by atoms with Crippen LogP contribution < -0.4 is 10.6 Å². The maximum absolute atomic E-state index is 12.3. The van der Waals surface area contributed by atoms with Gasteiger partial charge in [-0.15, -0.1) is 0 Å². The van der Waals surface area contributed by atoms with Crippen molar-refractivity contribution in [2.75, 3.05) is 25.5 Å². The lowest BCUT2D eigenvalue weighted by molar-refractivity contribution is -0.384. The SMILES string of the molecule is COC(=O)c1cc(NC(=O)CC(C)C2CCNCC2)cc([N+](=O)[O-])c1. The molecule has 0 aliphatic carbocycles. The molecule has 1 unspecified atom stereocenters. The predicted molar refractivity (Wildman–Crippen MR) is 92.4 cm³/mol. The lowest BCUT2D eigenvalue weighted by atomic mass is 9.84. The maximum Gasteiger partial charge on any atom is 0.338 e. The van der Waals surface area contributed by atoms with Crippen molar-refractivity contribution in [3.63, 3.8) is 0 Å². The van der Waals surface area contributed by atoms with Crippen molar-refractivity contribution < 1.29 is 19.2 Å². The van der Waals surface area contributed by atoms with Crippen LogP contribution in [-0.2, 0) is 9.53 Å². The number of amides is 1. The molecule has 1 fully saturated rings. The van der Waals surface area contributed by atoms with Gasteiger partial charge in [-0.2, -0.15) is 0 Å². The molecular weight excluding hydrogens is 326 g/mol. The van der Waals surface area contributed by atoms with E-state index in [2.05, 4.69) is 15.4 Å². The van der Waals surface area contributed by atoms with E-state index in [9.17, 15) is 19.7 Å². The first-order valence-electron chi connectivity index (χ1n) is 8.29. The van der Waals surface area contributed by atoms with E-state index in [1.807, 2.05) is 6.92 Å². The van der Waals surface area contributed by atoms with Crippen LogP contribution in [0.4, 0.5) is 11.4 Å². The number of carbonyl (C=O) groups is 2. The van der Waals surface area contributed by atoms with E-state index >= 15 is 0 Å². The maximum atomic E-state index is 12.3. The van der Waals surface area contributed by atoms with E-state index in [4.69, 9.17) is 0 Å². The number of ether oxygens (including phenoxy) is 1. The summed E-state index contributed by atoms with van der Waals surface area (Å²) in [5, 5.41) is 17.0. The fraction of sp³-hybridized carbons (Fsp3) is 0.529. The molecule has 0 spiro atoms. The smallest absolute Gasteiger partial charge is 0.338 e. The summed E-state index contributed by atoms with van der Waals surface area (Å²) in [5.41, 5.74) is -0.0277. The molecular formula is C17H23N3O5. The third kappa shape index (κ3) is 5.25. The number of benzene rings is 1. The van der Waals surface area contributed by atoms with Crippen LogP contribution in [0.5, 0.6) is 0 Å². The quantitative estimate of drug-likeness (QED) is 0.463. The number of esters is 1. The molecule has 25 heavy (non-hydrogen) atoms. The van der Waals surface area contributed by atoms with Crippen molar-refractivity contribution in [3.05, 3.63) is 33.9 Å². The molecule has 0 bridgehead atoms. The van der Waals surface area contributed by atoms with Crippen molar-refractivity contribution in [2.24, 2.45) is 11.8 Å². The molecule has 1 aliphatic rings. The number of carbonyl (C=O) groups excluding carboxylic acids is 2. The summed E-state index contributed by atoms with van der Waals surface area (Å²) in [7, 11) is 1.19. The van der Waals surface area contributed by atoms with Gasteiger partial charge in [0.15, 0.2) is 0 Å². The Morgan fingerprint density at radius 1 is 1.36 bits per heavy atom. The van der Waals surface area contributed by atoms with Crippen LogP contribution in [0.15, 0.2) is 18.2 Å². The number of piperidine rings is 1. The van der Waals surface area contributed by atoms with Crippen LogP contribution in [0.2, 0.25) is 0 Å². The minimum Gasteiger partial charge on any atom is -0.465 e. The third-order valence-electron chi connectivity index (χ3n) is 4.53. The Balaban J connectivity index is 2.07. The number of nitrogens with zero attached hydrogens (tertiary/aromatic N) is 1. The first-order chi connectivity index (χ1) is 11.9. The zero-order valence-corrected chi connectivity index (χ0v) is 14.4. The number of methoxy groups -OCH3 is 1. The van der Waals surface area contributed by atoms with Crippen molar-refractivity contribution in [3.8, 4) is 0 Å². The Morgan fingerprint density at radius 3 is 2.64 bits per heavy atom. The van der Waals surface area contributed by atoms with E-state index in [-0.39, 0.29) is 28.8 Å². The van der Waals surface area contributed by atoms with Crippen molar-refractivity contribution in [2.45, 2.75) is 26.2 Å². The topological polar surface area (TPSA) is 111 Å². The van der Waals surface area contributed by atoms with E-state index in [0.717, 1.165) is 32.0 Å². The molecule has 1 aliphatic heterocycles. The Kier molecular flexibility index (Phi) is 6.46. The fourth-order valence-electron chi connectivity index (χ4n) is 3.11. The number of nitro benzene ring substituents is 1. The van der Waals surface area contributed by atoms with Gasteiger partial charge in [-0.3, -0.25) is 14.9 Å². The highest BCUT2D eigenvalue weighted by Gasteiger charge is 2.22. The number of hydrogen-bond donors (Lipinski definition) is 2. The monoisotopic (exact) mass is 349 g/mol. The number of nitro groups is 1. The second-order valence-electron chi connectivity index (χ2n) is 6.33. The molecule has 2 rings (SSSR count). The Bertz CT molecular complexity index is 656. The lowest BCUT2D eigenvalue weighted by Gasteiger charge is -2.27. The molecule has 0 saturated carbocycles. The molecule has 1 amide bonds. The Hall–Kier alpha value is -2.48. The van der Waals surface area contributed by atoms with Crippen LogP contribution >= 0.6 is 0 Å². The van der Waals surface area contributed by atoms with E-state index in [0.29, 0.717) is 12.3 Å². The lowest BCUT2D eigenvalue weighted by Crippen LogP contribution is -2.32. The van der Waals surface area contributed by atoms with Crippen molar-refractivity contribution in [1.29, 1.82) is 0 Å². The Labute approximate surface area is 146 Å². The summed E-state index contributed by atoms with van der Waals surface area (Å²) < 4.78 is 4.59. The standard InChI is InChI=1S/C17H23N3O5/c1-11(12-3-5-18-6-4-12)7-16(21)19-14-8-13(17(22)25-2)9-15(10-14)20(23)24/h8-12,18H,3-7H2,1-2H3,(H,19,21). The summed E-state index contributed by atoms with van der Waals surface area (Å²) in [6.45, 7) is 3.97. The summed E-state index contributed by atoms with van der Waals surface area (Å²) in [6, 6.07) is 3.74. The average Bonchev–Trinajstić information content (AvgIpc) is 2.61. The molecule has 1 atom stereocenters. The van der Waals surface area contributed by atoms with Gasteiger partial charge in [-0.05, 0) is 43.8 Å². The summed E-state index contributed by atoms with van der Waals surface area (Å²) >= 11 is 0. The number of non-ortho nitro benzene ring substituents is 1. The number of rotatable bonds is 6. The largest absolute Gasteiger partial charge is 0.465 e. The van der Waals surface area contributed by atoms with Crippen molar-refractivity contribution >= 4 is 23.3 Å². The number of hydrogen-bond acceptors (Lipinski definition) is 6. The van der Waals surface area contributed by atoms with Crippen LogP contribution in [0.1, 0.15) is 36.5 Å². The normalized spacial score (nSPS) is 16.1. The summed E-state index contributed by atoms with van der Waals surface area (Å²) in [6.07, 6.45) is 2.41. The van der Waals surface area contributed by atoms with Gasteiger partial charge >= 0.3 is 5.97 Å². The summed E-state index contributed by atoms with van der Waals surface area (Å²) in [4.78, 5) is 34.3. The molecule has 8 nitrogen and oxygen atoms in total. The minimum atomic E-state index is -0.692. The fourth-order valence-corrected chi connectivity index (χ4v) is 3.11. The first kappa shape index (κ1) is 18.9. The number of anilines is 1. The van der Waals surface area contributed by atoms with Crippen molar-refractivity contribution in [1.82, 2.24) is 5.32 Å². The molecule has 8 heteroatoms. The molecule has 2 N–H and O–H groups in total. The van der Waals surface area contributed by atoms with Gasteiger partial charge in [-0.25, -0.2) is 4.79 Å². The molecule has 1 saturated heterocycles. The van der Waals surface area contributed by atoms with Crippen LogP contribution in [-0.4, -0.2) is 37.0 Å². The van der Waals surface area contributed by atoms with Gasteiger partial charge in [0.1, 0.15) is 0 Å². The van der Waals surface area contributed by atoms with Gasteiger partial charge in [0.2, 0.25) is 5.91 Å². The highest BCUT2D eigenvalue weighted by atomic mass is 16.6. The molecule has 1 aromatic rings. The second kappa shape index (κ2) is 8.57. The van der Waals surface area contributed by atoms with Gasteiger partial charge < -0.3 is 15.4 Å². The summed E-state index contributed by atoms with van der Waals surface area (Å²) in [5.74, 6) is -0.201. The number of nitrogens with one attached hydrogen (secondary N) is 2. The minimum absolute atomic E-state index is 0.0263. The van der Waals surface area contributed by atoms with E-state index in [1.165, 1.54) is 19.2 Å². The van der Waals surface area contributed by atoms with E-state index < -0.39 is 10.9 Å². The van der Waals surface area contributed by atoms with Crippen LogP contribution in [0.3, 0.4) is 0 Å². The zero-order valence-electron chi connectivity index (χ0n) is 14.4. The van der Waals surface area contributed by atoms with Gasteiger partial charge in [0, 0.05) is 24.2 Å². The highest BCUT2D eigenvalue weighted by Crippen LogP contribution is 2.26. The van der Waals surface area contributed by atoms with Gasteiger partial charge in [0.25, 0.3) is 5.69 Å². The Morgan fingerprint density at radius 2 is 2.04 bits per heavy atom. The molecule has 136 valence electrons. The molecule has 1 heterocycles. The second-order valence-corrected chi connectivity index (χ2v) is 6.33. The highest BCUT2D eigenvalue weighted by molar-refractivity contribution is 5.95. The predicted octanol–water partition coefficient (Wildman–Crippen LogP) is 2.35. The average molecular weight is 349 g/mol. The third-order valence-corrected chi connectivity index (χ3v) is 4.53. The first-order valence-corrected chi connectivity index (χ1v) is 8.29. The molecule has 1 aromatic carbocycles. The van der Waals surface area contributed by atoms with E-state index in [1.54, 1.807) is 0 Å². The zero-order chi connectivity index (χ0) is 18.4. The van der Waals surface area contributed by atoms with Gasteiger partial charge in [0.05, 0.1) is 17.6 Å². The van der Waals surface area contributed by atoms with Crippen LogP contribution in [0.25, 0.3) is 0 Å². The van der Waals surface area contributed by atoms with Gasteiger partial charge in [-0.1, -0.05) is 6.92 Å². The molecule has 0 aromatic heterocycles.